The Bertz CT molecular complexity index is 1550. The molecule has 1 fully saturated rings. The van der Waals surface area contributed by atoms with Crippen LogP contribution >= 0.6 is 11.3 Å². The number of nitrogens with one attached hydrogen (secondary N) is 2. The van der Waals surface area contributed by atoms with E-state index < -0.39 is 36.3 Å². The van der Waals surface area contributed by atoms with Gasteiger partial charge >= 0.3 is 0 Å². The first-order valence-corrected chi connectivity index (χ1v) is 22.0. The number of amides is 4. The second-order valence-electron chi connectivity index (χ2n) is 16.8. The third kappa shape index (κ3) is 13.0. The second kappa shape index (κ2) is 24.0. The standard InChI is InChI=1S/C44H73N7O6S/c1-12-30(6)39(50(9)44(55)37(28(2)3)48-42(54)38(29(4)5)49(8)23-17-21-45)35(56-10)27-36(52)51-24-16-20-34(51)40(57-11)31(7)41(53)47-33(43-46-22-25-58-43)26-32-18-14-13-15-19-32/h13-15,18-19,22,25,28-31,33-35,37-40H,12,16-17,20-21,23-24,26-27,45H2,1-11H3,(H,47,53)(H,48,54)/t30-,31+,33-,34-,35-,37-,38-,39-,40+/m0/s1. The van der Waals surface area contributed by atoms with Gasteiger partial charge in [-0.3, -0.25) is 24.1 Å². The van der Waals surface area contributed by atoms with Gasteiger partial charge in [-0.25, -0.2) is 4.98 Å². The van der Waals surface area contributed by atoms with E-state index in [1.807, 2.05) is 87.2 Å². The Morgan fingerprint density at radius 3 is 2.22 bits per heavy atom. The predicted molar refractivity (Wildman–Crippen MR) is 231 cm³/mol. The monoisotopic (exact) mass is 828 g/mol. The van der Waals surface area contributed by atoms with Crippen LogP contribution < -0.4 is 16.4 Å². The molecule has 0 bridgehead atoms. The van der Waals surface area contributed by atoms with E-state index >= 15 is 0 Å². The molecule has 58 heavy (non-hydrogen) atoms. The maximum absolute atomic E-state index is 14.4. The number of ether oxygens (including phenoxy) is 2. The summed E-state index contributed by atoms with van der Waals surface area (Å²) < 4.78 is 12.1. The number of nitrogens with two attached hydrogens (primary N) is 1. The number of carbonyl (C=O) groups is 4. The zero-order valence-corrected chi connectivity index (χ0v) is 37.8. The Labute approximate surface area is 352 Å². The number of benzene rings is 1. The highest BCUT2D eigenvalue weighted by atomic mass is 32.1. The average molecular weight is 828 g/mol. The van der Waals surface area contributed by atoms with Crippen molar-refractivity contribution in [1.82, 2.24) is 30.3 Å². The van der Waals surface area contributed by atoms with Gasteiger partial charge < -0.3 is 35.6 Å². The smallest absolute Gasteiger partial charge is 0.245 e. The number of nitrogens with zero attached hydrogens (tertiary/aromatic N) is 4. The summed E-state index contributed by atoms with van der Waals surface area (Å²) in [5, 5.41) is 9.07. The maximum atomic E-state index is 14.4. The molecule has 1 aliphatic heterocycles. The molecule has 3 rings (SSSR count). The second-order valence-corrected chi connectivity index (χ2v) is 17.7. The van der Waals surface area contributed by atoms with Crippen LogP contribution in [0.2, 0.25) is 0 Å². The van der Waals surface area contributed by atoms with Crippen molar-refractivity contribution in [3.8, 4) is 0 Å². The minimum absolute atomic E-state index is 0.0183. The van der Waals surface area contributed by atoms with E-state index in [2.05, 4.69) is 29.5 Å². The molecule has 1 aromatic carbocycles. The largest absolute Gasteiger partial charge is 0.379 e. The molecule has 9 atom stereocenters. The minimum atomic E-state index is -0.776. The van der Waals surface area contributed by atoms with E-state index in [0.717, 1.165) is 29.8 Å². The molecule has 0 radical (unpaired) electrons. The Morgan fingerprint density at radius 1 is 0.983 bits per heavy atom. The Morgan fingerprint density at radius 2 is 1.67 bits per heavy atom. The highest BCUT2D eigenvalue weighted by molar-refractivity contribution is 7.09. The molecule has 4 amide bonds. The van der Waals surface area contributed by atoms with Crippen LogP contribution in [0.25, 0.3) is 0 Å². The lowest BCUT2D eigenvalue weighted by molar-refractivity contribution is -0.148. The summed E-state index contributed by atoms with van der Waals surface area (Å²) in [6, 6.07) is 7.74. The van der Waals surface area contributed by atoms with Crippen molar-refractivity contribution in [2.45, 2.75) is 129 Å². The van der Waals surface area contributed by atoms with Crippen molar-refractivity contribution in [3.05, 3.63) is 52.5 Å². The summed E-state index contributed by atoms with van der Waals surface area (Å²) in [6.45, 7) is 15.6. The lowest BCUT2D eigenvalue weighted by Gasteiger charge is -2.41. The van der Waals surface area contributed by atoms with Gasteiger partial charge in [-0.2, -0.15) is 0 Å². The normalized spacial score (nSPS) is 18.7. The number of thiazole rings is 1. The molecule has 0 saturated carbocycles. The zero-order chi connectivity index (χ0) is 43.1. The highest BCUT2D eigenvalue weighted by Crippen LogP contribution is 2.30. The fourth-order valence-electron chi connectivity index (χ4n) is 8.53. The lowest BCUT2D eigenvalue weighted by atomic mass is 9.89. The van der Waals surface area contributed by atoms with Crippen molar-refractivity contribution in [2.75, 3.05) is 47.9 Å². The number of aromatic nitrogens is 1. The van der Waals surface area contributed by atoms with E-state index in [-0.39, 0.29) is 59.9 Å². The zero-order valence-electron chi connectivity index (χ0n) is 37.0. The molecule has 326 valence electrons. The molecule has 1 aromatic heterocycles. The van der Waals surface area contributed by atoms with Gasteiger partial charge in [-0.15, -0.1) is 11.3 Å². The molecule has 0 spiro atoms. The average Bonchev–Trinajstić information content (AvgIpc) is 3.92. The quantitative estimate of drug-likeness (QED) is 0.134. The Balaban J connectivity index is 1.79. The van der Waals surface area contributed by atoms with Crippen LogP contribution in [-0.4, -0.2) is 128 Å². The third-order valence-electron chi connectivity index (χ3n) is 11.9. The number of carbonyl (C=O) groups excluding carboxylic acids is 4. The SMILES string of the molecule is CC[C@H](C)[C@@H]([C@H](CC(=O)N1CCC[C@H]1[C@H](OC)[C@@H](C)C(=O)N[C@@H](Cc1ccccc1)c1nccs1)OC)N(C)C(=O)[C@@H](NC(=O)[C@H](C(C)C)N(C)CCCN)C(C)C. The van der Waals surface area contributed by atoms with Gasteiger partial charge in [0, 0.05) is 39.4 Å². The molecule has 2 heterocycles. The fraction of sp³-hybridized carbons (Fsp3) is 0.705. The first-order chi connectivity index (χ1) is 27.6. The van der Waals surface area contributed by atoms with E-state index in [1.54, 1.807) is 32.4 Å². The van der Waals surface area contributed by atoms with Crippen LogP contribution in [0.1, 0.15) is 97.2 Å². The molecule has 0 unspecified atom stereocenters. The molecule has 1 saturated heterocycles. The first kappa shape index (κ1) is 48.9. The van der Waals surface area contributed by atoms with Gasteiger partial charge in [-0.1, -0.05) is 85.2 Å². The van der Waals surface area contributed by atoms with Crippen molar-refractivity contribution >= 4 is 35.0 Å². The summed E-state index contributed by atoms with van der Waals surface area (Å²) in [7, 11) is 6.85. The molecule has 2 aromatic rings. The van der Waals surface area contributed by atoms with Gasteiger partial charge in [0.2, 0.25) is 23.6 Å². The van der Waals surface area contributed by atoms with Crippen LogP contribution in [0.15, 0.2) is 41.9 Å². The number of hydrogen-bond donors (Lipinski definition) is 3. The molecule has 1 aliphatic rings. The van der Waals surface area contributed by atoms with Crippen molar-refractivity contribution in [2.24, 2.45) is 29.4 Å². The van der Waals surface area contributed by atoms with Gasteiger partial charge in [0.1, 0.15) is 11.0 Å². The Kier molecular flexibility index (Phi) is 20.2. The maximum Gasteiger partial charge on any atom is 0.245 e. The lowest BCUT2D eigenvalue weighted by Crippen LogP contribution is -2.60. The molecule has 13 nitrogen and oxygen atoms in total. The van der Waals surface area contributed by atoms with E-state index in [1.165, 1.54) is 11.3 Å². The number of rotatable bonds is 24. The van der Waals surface area contributed by atoms with Gasteiger partial charge in [0.05, 0.1) is 48.7 Å². The molecule has 14 heteroatoms. The number of hydrogen-bond acceptors (Lipinski definition) is 10. The van der Waals surface area contributed by atoms with Crippen LogP contribution in [-0.2, 0) is 35.1 Å². The highest BCUT2D eigenvalue weighted by Gasteiger charge is 2.43. The van der Waals surface area contributed by atoms with Gasteiger partial charge in [0.25, 0.3) is 0 Å². The summed E-state index contributed by atoms with van der Waals surface area (Å²) in [6.07, 6.45) is 4.20. The van der Waals surface area contributed by atoms with Crippen molar-refractivity contribution in [1.29, 1.82) is 0 Å². The fourth-order valence-corrected chi connectivity index (χ4v) is 9.22. The minimum Gasteiger partial charge on any atom is -0.379 e. The van der Waals surface area contributed by atoms with E-state index in [0.29, 0.717) is 32.5 Å². The summed E-state index contributed by atoms with van der Waals surface area (Å²) >= 11 is 1.51. The molecular formula is C44H73N7O6S. The van der Waals surface area contributed by atoms with Crippen molar-refractivity contribution < 1.29 is 28.7 Å². The van der Waals surface area contributed by atoms with Crippen LogP contribution in [0.3, 0.4) is 0 Å². The van der Waals surface area contributed by atoms with Crippen molar-refractivity contribution in [3.63, 3.8) is 0 Å². The molecule has 0 aliphatic carbocycles. The van der Waals surface area contributed by atoms with Gasteiger partial charge in [-0.05, 0) is 69.1 Å². The number of methoxy groups -OCH3 is 2. The predicted octanol–water partition coefficient (Wildman–Crippen LogP) is 4.91. The van der Waals surface area contributed by atoms with Crippen LogP contribution in [0.4, 0.5) is 0 Å². The third-order valence-corrected chi connectivity index (χ3v) is 12.8. The van der Waals surface area contributed by atoms with E-state index in [4.69, 9.17) is 15.2 Å². The summed E-state index contributed by atoms with van der Waals surface area (Å²) in [5.74, 6) is -1.45. The summed E-state index contributed by atoms with van der Waals surface area (Å²) in [5.41, 5.74) is 6.84. The van der Waals surface area contributed by atoms with Gasteiger partial charge in [0.15, 0.2) is 0 Å². The topological polar surface area (TPSA) is 159 Å². The van der Waals surface area contributed by atoms with Crippen LogP contribution in [0.5, 0.6) is 0 Å². The number of likely N-dealkylation sites (N-methyl/N-ethyl adjacent to an activating group) is 2. The van der Waals surface area contributed by atoms with Crippen LogP contribution in [0, 0.1) is 23.7 Å². The first-order valence-electron chi connectivity index (χ1n) is 21.2. The Hall–Kier alpha value is -3.43. The summed E-state index contributed by atoms with van der Waals surface area (Å²) in [4.78, 5) is 66.5. The number of likely N-dealkylation sites (tertiary alicyclic amines) is 1. The molecule has 4 N–H and O–H groups in total. The molecular weight excluding hydrogens is 755 g/mol. The van der Waals surface area contributed by atoms with E-state index in [9.17, 15) is 19.2 Å².